The van der Waals surface area contributed by atoms with Gasteiger partial charge in [-0.3, -0.25) is 14.6 Å². The number of rotatable bonds is 9. The molecule has 0 aliphatic heterocycles. The van der Waals surface area contributed by atoms with Crippen molar-refractivity contribution in [2.45, 2.75) is 38.8 Å². The molecule has 1 fully saturated rings. The first-order valence-corrected chi connectivity index (χ1v) is 9.76. The molecule has 1 aromatic carbocycles. The van der Waals surface area contributed by atoms with Gasteiger partial charge < -0.3 is 5.73 Å². The zero-order valence-corrected chi connectivity index (χ0v) is 16.8. The number of halogens is 1. The number of benzene rings is 1. The summed E-state index contributed by atoms with van der Waals surface area (Å²) in [5, 5.41) is 2.90. The van der Waals surface area contributed by atoms with Crippen LogP contribution in [0.25, 0.3) is 0 Å². The van der Waals surface area contributed by atoms with E-state index in [1.807, 2.05) is 11.0 Å². The Kier molecular flexibility index (Phi) is 8.03. The van der Waals surface area contributed by atoms with Gasteiger partial charge in [0.05, 0.1) is 5.69 Å². The molecule has 0 spiro atoms. The first-order valence-electron chi connectivity index (χ1n) is 8.88. The Bertz CT molecular complexity index is 690. The number of hydrogen-bond acceptors (Lipinski definition) is 5. The van der Waals surface area contributed by atoms with Gasteiger partial charge in [-0.2, -0.15) is 0 Å². The molecule has 0 atom stereocenters. The molecule has 1 amide bonds. The summed E-state index contributed by atoms with van der Waals surface area (Å²) in [6, 6.07) is 10.9. The lowest BCUT2D eigenvalue weighted by molar-refractivity contribution is -0.116. The number of thiazole rings is 1. The zero-order chi connectivity index (χ0) is 17.6. The largest absolute Gasteiger partial charge is 0.329 e. The standard InChI is InChI=1S/C19H26N4OS.ClH/c1-15(24)23(18-7-8-18)19-21-17(14-25-19)13-22(12-10-20)11-9-16-5-3-2-4-6-16;/h2-6,14,18H,7-13,20H2,1H3;1H. The molecule has 2 N–H and O–H groups in total. The first-order chi connectivity index (χ1) is 12.2. The van der Waals surface area contributed by atoms with E-state index in [0.29, 0.717) is 12.6 Å². The minimum Gasteiger partial charge on any atom is -0.329 e. The second kappa shape index (κ2) is 10.0. The van der Waals surface area contributed by atoms with Crippen molar-refractivity contribution >= 4 is 34.8 Å². The molecule has 7 heteroatoms. The predicted octanol–water partition coefficient (Wildman–Crippen LogP) is 3.08. The third kappa shape index (κ3) is 5.77. The molecule has 1 aliphatic rings. The van der Waals surface area contributed by atoms with Crippen LogP contribution in [0.15, 0.2) is 35.7 Å². The number of hydrogen-bond donors (Lipinski definition) is 1. The van der Waals surface area contributed by atoms with Gasteiger partial charge in [0.2, 0.25) is 5.91 Å². The number of aromatic nitrogens is 1. The molecule has 0 bridgehead atoms. The molecule has 142 valence electrons. The van der Waals surface area contributed by atoms with Gasteiger partial charge in [-0.05, 0) is 24.8 Å². The van der Waals surface area contributed by atoms with E-state index in [2.05, 4.69) is 34.5 Å². The van der Waals surface area contributed by atoms with Gasteiger partial charge in [0.15, 0.2) is 5.13 Å². The fraction of sp³-hybridized carbons (Fsp3) is 0.474. The maximum atomic E-state index is 11.9. The van der Waals surface area contributed by atoms with Crippen molar-refractivity contribution in [3.05, 3.63) is 47.0 Å². The average molecular weight is 395 g/mol. The number of carbonyl (C=O) groups excluding carboxylic acids is 1. The molecular weight excluding hydrogens is 368 g/mol. The van der Waals surface area contributed by atoms with Gasteiger partial charge in [-0.15, -0.1) is 23.7 Å². The van der Waals surface area contributed by atoms with Crippen LogP contribution < -0.4 is 10.6 Å². The lowest BCUT2D eigenvalue weighted by Crippen LogP contribution is -2.32. The van der Waals surface area contributed by atoms with Crippen LogP contribution >= 0.6 is 23.7 Å². The molecule has 1 heterocycles. The first kappa shape index (κ1) is 20.8. The van der Waals surface area contributed by atoms with Gasteiger partial charge in [0, 0.05) is 44.5 Å². The topological polar surface area (TPSA) is 62.5 Å². The molecule has 5 nitrogen and oxygen atoms in total. The van der Waals surface area contributed by atoms with Crippen LogP contribution in [0.3, 0.4) is 0 Å². The Labute approximate surface area is 165 Å². The quantitative estimate of drug-likeness (QED) is 0.709. The summed E-state index contributed by atoms with van der Waals surface area (Å²) in [6.07, 6.45) is 3.18. The predicted molar refractivity (Wildman–Crippen MR) is 110 cm³/mol. The second-order valence-electron chi connectivity index (χ2n) is 6.54. The zero-order valence-electron chi connectivity index (χ0n) is 15.1. The van der Waals surface area contributed by atoms with Gasteiger partial charge in [0.25, 0.3) is 0 Å². The van der Waals surface area contributed by atoms with Crippen molar-refractivity contribution in [3.8, 4) is 0 Å². The maximum absolute atomic E-state index is 11.9. The van der Waals surface area contributed by atoms with Crippen molar-refractivity contribution in [1.82, 2.24) is 9.88 Å². The maximum Gasteiger partial charge on any atom is 0.225 e. The summed E-state index contributed by atoms with van der Waals surface area (Å²) in [5.41, 5.74) is 8.14. The molecule has 1 aliphatic carbocycles. The Morgan fingerprint density at radius 3 is 2.62 bits per heavy atom. The lowest BCUT2D eigenvalue weighted by atomic mass is 10.1. The van der Waals surface area contributed by atoms with E-state index in [0.717, 1.165) is 49.7 Å². The van der Waals surface area contributed by atoms with E-state index in [9.17, 15) is 4.79 Å². The van der Waals surface area contributed by atoms with Crippen LogP contribution in [-0.4, -0.2) is 41.5 Å². The van der Waals surface area contributed by atoms with E-state index in [4.69, 9.17) is 10.7 Å². The number of amides is 1. The highest BCUT2D eigenvalue weighted by atomic mass is 35.5. The lowest BCUT2D eigenvalue weighted by Gasteiger charge is -2.21. The summed E-state index contributed by atoms with van der Waals surface area (Å²) < 4.78 is 0. The Morgan fingerprint density at radius 1 is 1.27 bits per heavy atom. The van der Waals surface area contributed by atoms with Crippen LogP contribution in [0.2, 0.25) is 0 Å². The van der Waals surface area contributed by atoms with Gasteiger partial charge in [-0.1, -0.05) is 30.3 Å². The molecule has 0 saturated heterocycles. The second-order valence-corrected chi connectivity index (χ2v) is 7.38. The van der Waals surface area contributed by atoms with Gasteiger partial charge in [0.1, 0.15) is 0 Å². The van der Waals surface area contributed by atoms with Crippen LogP contribution in [0.1, 0.15) is 31.0 Å². The molecule has 2 aromatic rings. The van der Waals surface area contributed by atoms with Crippen molar-refractivity contribution in [2.24, 2.45) is 5.73 Å². The number of carbonyl (C=O) groups is 1. The summed E-state index contributed by atoms with van der Waals surface area (Å²) >= 11 is 1.56. The number of anilines is 1. The van der Waals surface area contributed by atoms with Gasteiger partial charge >= 0.3 is 0 Å². The Morgan fingerprint density at radius 2 is 2.00 bits per heavy atom. The average Bonchev–Trinajstić information content (AvgIpc) is 3.33. The minimum absolute atomic E-state index is 0. The summed E-state index contributed by atoms with van der Waals surface area (Å²) in [7, 11) is 0. The Balaban J connectivity index is 0.00000243. The van der Waals surface area contributed by atoms with Crippen LogP contribution in [0, 0.1) is 0 Å². The van der Waals surface area contributed by atoms with Crippen LogP contribution in [0.4, 0.5) is 5.13 Å². The highest BCUT2D eigenvalue weighted by molar-refractivity contribution is 7.14. The van der Waals surface area contributed by atoms with Gasteiger partial charge in [-0.25, -0.2) is 4.98 Å². The van der Waals surface area contributed by atoms with E-state index >= 15 is 0 Å². The molecule has 26 heavy (non-hydrogen) atoms. The monoisotopic (exact) mass is 394 g/mol. The molecule has 1 aromatic heterocycles. The van der Waals surface area contributed by atoms with Crippen molar-refractivity contribution in [3.63, 3.8) is 0 Å². The van der Waals surface area contributed by atoms with E-state index < -0.39 is 0 Å². The SMILES string of the molecule is CC(=O)N(c1nc(CN(CCN)CCc2ccccc2)cs1)C1CC1.Cl. The van der Waals surface area contributed by atoms with E-state index in [1.54, 1.807) is 18.3 Å². The van der Waals surface area contributed by atoms with Crippen LogP contribution in [0.5, 0.6) is 0 Å². The fourth-order valence-corrected chi connectivity index (χ4v) is 3.90. The molecule has 1 saturated carbocycles. The fourth-order valence-electron chi connectivity index (χ4n) is 2.97. The molecular formula is C19H27ClN4OS. The van der Waals surface area contributed by atoms with Crippen molar-refractivity contribution < 1.29 is 4.79 Å². The highest BCUT2D eigenvalue weighted by Crippen LogP contribution is 2.33. The smallest absolute Gasteiger partial charge is 0.225 e. The van der Waals surface area contributed by atoms with Crippen molar-refractivity contribution in [2.75, 3.05) is 24.5 Å². The molecule has 0 unspecified atom stereocenters. The highest BCUT2D eigenvalue weighted by Gasteiger charge is 2.33. The molecule has 0 radical (unpaired) electrons. The van der Waals surface area contributed by atoms with E-state index in [1.165, 1.54) is 5.56 Å². The van der Waals surface area contributed by atoms with Crippen molar-refractivity contribution in [1.29, 1.82) is 0 Å². The Hall–Kier alpha value is -1.47. The number of nitrogens with zero attached hydrogens (tertiary/aromatic N) is 3. The minimum atomic E-state index is 0. The summed E-state index contributed by atoms with van der Waals surface area (Å²) in [6.45, 7) is 4.83. The third-order valence-corrected chi connectivity index (χ3v) is 5.28. The summed E-state index contributed by atoms with van der Waals surface area (Å²) in [5.74, 6) is 0.0892. The summed E-state index contributed by atoms with van der Waals surface area (Å²) in [4.78, 5) is 20.8. The number of nitrogens with two attached hydrogens (primary N) is 1. The third-order valence-electron chi connectivity index (χ3n) is 4.39. The van der Waals surface area contributed by atoms with Crippen LogP contribution in [-0.2, 0) is 17.8 Å². The molecule has 3 rings (SSSR count). The van der Waals surface area contributed by atoms with E-state index in [-0.39, 0.29) is 18.3 Å². The normalized spacial score (nSPS) is 13.5.